The number of nitrogens with zero attached hydrogens (tertiary/aromatic N) is 2. The second-order valence-corrected chi connectivity index (χ2v) is 9.61. The molecule has 0 atom stereocenters. The maximum absolute atomic E-state index is 12.1. The van der Waals surface area contributed by atoms with Crippen molar-refractivity contribution >= 4 is 43.5 Å². The first-order valence-electron chi connectivity index (χ1n) is 8.67. The summed E-state index contributed by atoms with van der Waals surface area (Å²) in [5.41, 5.74) is 2.63. The molecular formula is C19H21N3O2S2. The van der Waals surface area contributed by atoms with Gasteiger partial charge in [0.2, 0.25) is 0 Å². The van der Waals surface area contributed by atoms with Crippen molar-refractivity contribution < 1.29 is 8.42 Å². The normalized spacial score (nSPS) is 14.9. The van der Waals surface area contributed by atoms with Gasteiger partial charge < -0.3 is 10.2 Å². The molecule has 0 amide bonds. The fourth-order valence-corrected chi connectivity index (χ4v) is 4.54. The predicted molar refractivity (Wildman–Crippen MR) is 108 cm³/mol. The molecule has 5 nitrogen and oxygen atoms in total. The first kappa shape index (κ1) is 17.3. The second kappa shape index (κ2) is 6.89. The summed E-state index contributed by atoms with van der Waals surface area (Å²) in [6.45, 7) is 2.66. The Bertz CT molecular complexity index is 1020. The van der Waals surface area contributed by atoms with Crippen molar-refractivity contribution in [2.75, 3.05) is 29.6 Å². The van der Waals surface area contributed by atoms with E-state index in [-0.39, 0.29) is 5.03 Å². The van der Waals surface area contributed by atoms with E-state index < -0.39 is 9.84 Å². The summed E-state index contributed by atoms with van der Waals surface area (Å²) >= 11 is 1.71. The van der Waals surface area contributed by atoms with E-state index in [0.717, 1.165) is 49.2 Å². The number of benzene rings is 1. The third-order valence-electron chi connectivity index (χ3n) is 4.64. The van der Waals surface area contributed by atoms with Crippen LogP contribution in [0.4, 0.5) is 11.4 Å². The predicted octanol–water partition coefficient (Wildman–Crippen LogP) is 3.91. The Kier molecular flexibility index (Phi) is 4.58. The van der Waals surface area contributed by atoms with Crippen LogP contribution in [0, 0.1) is 0 Å². The first-order valence-corrected chi connectivity index (χ1v) is 11.4. The highest BCUT2D eigenvalue weighted by atomic mass is 32.2. The Morgan fingerprint density at radius 2 is 2.00 bits per heavy atom. The molecule has 1 aromatic carbocycles. The molecule has 1 aliphatic heterocycles. The summed E-state index contributed by atoms with van der Waals surface area (Å²) in [6.07, 6.45) is 3.49. The standard InChI is InChI=1S/C19H21N3O2S2/c1-26(23,24)19-12-18(22-8-2-3-9-22)16-7-6-14(11-17(16)21-19)20-13-15-5-4-10-25-15/h4-7,10-12,20H,2-3,8-9,13H2,1H3. The molecule has 0 radical (unpaired) electrons. The summed E-state index contributed by atoms with van der Waals surface area (Å²) in [5, 5.41) is 6.59. The number of anilines is 2. The summed E-state index contributed by atoms with van der Waals surface area (Å²) in [6, 6.07) is 11.9. The number of rotatable bonds is 5. The van der Waals surface area contributed by atoms with Crippen molar-refractivity contribution in [2.24, 2.45) is 0 Å². The smallest absolute Gasteiger partial charge is 0.192 e. The van der Waals surface area contributed by atoms with Crippen LogP contribution in [0.25, 0.3) is 10.9 Å². The largest absolute Gasteiger partial charge is 0.380 e. The summed E-state index contributed by atoms with van der Waals surface area (Å²) in [4.78, 5) is 7.94. The number of fused-ring (bicyclic) bond motifs is 1. The quantitative estimate of drug-likeness (QED) is 0.719. The van der Waals surface area contributed by atoms with Crippen molar-refractivity contribution in [2.45, 2.75) is 24.4 Å². The number of pyridine rings is 1. The van der Waals surface area contributed by atoms with Gasteiger partial charge in [-0.05, 0) is 48.6 Å². The number of hydrogen-bond donors (Lipinski definition) is 1. The van der Waals surface area contributed by atoms with E-state index >= 15 is 0 Å². The van der Waals surface area contributed by atoms with Crippen molar-refractivity contribution in [3.63, 3.8) is 0 Å². The molecule has 1 saturated heterocycles. The Labute approximate surface area is 157 Å². The highest BCUT2D eigenvalue weighted by Crippen LogP contribution is 2.32. The molecule has 7 heteroatoms. The average molecular weight is 388 g/mol. The fourth-order valence-electron chi connectivity index (χ4n) is 3.31. The number of sulfone groups is 1. The lowest BCUT2D eigenvalue weighted by molar-refractivity contribution is 0.598. The SMILES string of the molecule is CS(=O)(=O)c1cc(N2CCCC2)c2ccc(NCc3cccs3)cc2n1. The molecule has 1 aliphatic rings. The van der Waals surface area contributed by atoms with Crippen LogP contribution in [0.3, 0.4) is 0 Å². The molecule has 0 unspecified atom stereocenters. The third-order valence-corrected chi connectivity index (χ3v) is 6.48. The van der Waals surface area contributed by atoms with Gasteiger partial charge in [0.1, 0.15) is 0 Å². The number of nitrogens with one attached hydrogen (secondary N) is 1. The van der Waals surface area contributed by atoms with Gasteiger partial charge in [0.25, 0.3) is 0 Å². The fraction of sp³-hybridized carbons (Fsp3) is 0.316. The van der Waals surface area contributed by atoms with Gasteiger partial charge in [0.15, 0.2) is 14.9 Å². The maximum Gasteiger partial charge on any atom is 0.192 e. The highest BCUT2D eigenvalue weighted by Gasteiger charge is 2.20. The molecule has 3 aromatic rings. The van der Waals surface area contributed by atoms with Gasteiger partial charge in [-0.3, -0.25) is 0 Å². The van der Waals surface area contributed by atoms with Crippen LogP contribution >= 0.6 is 11.3 Å². The van der Waals surface area contributed by atoms with E-state index in [0.29, 0.717) is 5.52 Å². The second-order valence-electron chi connectivity index (χ2n) is 6.61. The van der Waals surface area contributed by atoms with Crippen LogP contribution in [0.15, 0.2) is 46.8 Å². The molecule has 3 heterocycles. The van der Waals surface area contributed by atoms with Crippen molar-refractivity contribution in [3.05, 3.63) is 46.7 Å². The monoisotopic (exact) mass is 387 g/mol. The third kappa shape index (κ3) is 3.54. The molecule has 0 saturated carbocycles. The van der Waals surface area contributed by atoms with E-state index in [2.05, 4.69) is 26.6 Å². The molecule has 0 spiro atoms. The van der Waals surface area contributed by atoms with Gasteiger partial charge in [-0.15, -0.1) is 11.3 Å². The molecule has 0 aliphatic carbocycles. The Hall–Kier alpha value is -2.12. The van der Waals surface area contributed by atoms with E-state index in [1.165, 1.54) is 11.1 Å². The van der Waals surface area contributed by atoms with Crippen LogP contribution in [-0.4, -0.2) is 32.7 Å². The zero-order valence-corrected chi connectivity index (χ0v) is 16.2. The average Bonchev–Trinajstić information content (AvgIpc) is 3.31. The lowest BCUT2D eigenvalue weighted by atomic mass is 10.1. The minimum atomic E-state index is -3.36. The molecule has 1 N–H and O–H groups in total. The van der Waals surface area contributed by atoms with Crippen LogP contribution in [0.5, 0.6) is 0 Å². The van der Waals surface area contributed by atoms with Crippen LogP contribution in [-0.2, 0) is 16.4 Å². The molecule has 2 aromatic heterocycles. The lowest BCUT2D eigenvalue weighted by Gasteiger charge is -2.21. The molecule has 4 rings (SSSR count). The van der Waals surface area contributed by atoms with Crippen LogP contribution in [0.2, 0.25) is 0 Å². The molecular weight excluding hydrogens is 366 g/mol. The van der Waals surface area contributed by atoms with Crippen molar-refractivity contribution in [1.82, 2.24) is 4.98 Å². The summed E-state index contributed by atoms with van der Waals surface area (Å²) in [7, 11) is -3.36. The highest BCUT2D eigenvalue weighted by molar-refractivity contribution is 7.90. The van der Waals surface area contributed by atoms with E-state index in [1.807, 2.05) is 24.3 Å². The maximum atomic E-state index is 12.1. The minimum Gasteiger partial charge on any atom is -0.380 e. The van der Waals surface area contributed by atoms with Gasteiger partial charge in [-0.1, -0.05) is 6.07 Å². The number of thiophene rings is 1. The molecule has 26 heavy (non-hydrogen) atoms. The first-order chi connectivity index (χ1) is 12.5. The minimum absolute atomic E-state index is 0.141. The lowest BCUT2D eigenvalue weighted by Crippen LogP contribution is -2.19. The Balaban J connectivity index is 1.75. The van der Waals surface area contributed by atoms with Crippen molar-refractivity contribution in [1.29, 1.82) is 0 Å². The van der Waals surface area contributed by atoms with Gasteiger partial charge in [0, 0.05) is 47.5 Å². The molecule has 136 valence electrons. The topological polar surface area (TPSA) is 62.3 Å². The zero-order chi connectivity index (χ0) is 18.1. The number of aromatic nitrogens is 1. The number of hydrogen-bond acceptors (Lipinski definition) is 6. The zero-order valence-electron chi connectivity index (χ0n) is 14.6. The summed E-state index contributed by atoms with van der Waals surface area (Å²) in [5.74, 6) is 0. The van der Waals surface area contributed by atoms with Gasteiger partial charge >= 0.3 is 0 Å². The summed E-state index contributed by atoms with van der Waals surface area (Å²) < 4.78 is 24.2. The van der Waals surface area contributed by atoms with Gasteiger partial charge in [0.05, 0.1) is 5.52 Å². The molecule has 1 fully saturated rings. The van der Waals surface area contributed by atoms with Crippen LogP contribution in [0.1, 0.15) is 17.7 Å². The van der Waals surface area contributed by atoms with E-state index in [4.69, 9.17) is 0 Å². The van der Waals surface area contributed by atoms with E-state index in [9.17, 15) is 8.42 Å². The Morgan fingerprint density at radius 3 is 2.69 bits per heavy atom. The Morgan fingerprint density at radius 1 is 1.19 bits per heavy atom. The van der Waals surface area contributed by atoms with E-state index in [1.54, 1.807) is 17.4 Å². The van der Waals surface area contributed by atoms with Crippen LogP contribution < -0.4 is 10.2 Å². The molecule has 0 bridgehead atoms. The van der Waals surface area contributed by atoms with Gasteiger partial charge in [-0.25, -0.2) is 13.4 Å². The van der Waals surface area contributed by atoms with Crippen molar-refractivity contribution in [3.8, 4) is 0 Å². The van der Waals surface area contributed by atoms with Gasteiger partial charge in [-0.2, -0.15) is 0 Å².